The summed E-state index contributed by atoms with van der Waals surface area (Å²) < 4.78 is 26.7. The quantitative estimate of drug-likeness (QED) is 0.672. The van der Waals surface area contributed by atoms with E-state index in [0.717, 1.165) is 18.7 Å². The van der Waals surface area contributed by atoms with E-state index in [0.29, 0.717) is 13.1 Å². The smallest absolute Gasteiger partial charge is 0.240 e. The van der Waals surface area contributed by atoms with Gasteiger partial charge in [-0.1, -0.05) is 26.0 Å². The molecule has 3 N–H and O–H groups in total. The second kappa shape index (κ2) is 8.63. The molecule has 0 unspecified atom stereocenters. The second-order valence-electron chi connectivity index (χ2n) is 5.96. The fraction of sp³-hybridized carbons (Fsp3) is 0.533. The minimum absolute atomic E-state index is 0. The molecule has 1 amide bonds. The molecule has 8 heteroatoms. The van der Waals surface area contributed by atoms with Crippen molar-refractivity contribution in [2.45, 2.75) is 25.3 Å². The predicted molar refractivity (Wildman–Crippen MR) is 91.9 cm³/mol. The summed E-state index contributed by atoms with van der Waals surface area (Å²) >= 11 is 0. The minimum atomic E-state index is -3.46. The zero-order valence-electron chi connectivity index (χ0n) is 13.3. The van der Waals surface area contributed by atoms with Crippen molar-refractivity contribution >= 4 is 28.3 Å². The Kier molecular flexibility index (Phi) is 7.47. The van der Waals surface area contributed by atoms with Crippen LogP contribution in [0.1, 0.15) is 19.4 Å². The predicted octanol–water partition coefficient (Wildman–Crippen LogP) is 0.878. The summed E-state index contributed by atoms with van der Waals surface area (Å²) in [5.41, 5.74) is 0.878. The first-order valence-corrected chi connectivity index (χ1v) is 8.94. The molecule has 0 aromatic heterocycles. The number of benzene rings is 1. The topological polar surface area (TPSA) is 87.3 Å². The lowest BCUT2D eigenvalue weighted by molar-refractivity contribution is -0.126. The molecular formula is C15H24ClN3O3S. The first-order chi connectivity index (χ1) is 10.4. The molecule has 6 nitrogen and oxygen atoms in total. The van der Waals surface area contributed by atoms with Crippen LogP contribution >= 0.6 is 12.4 Å². The molecule has 0 spiro atoms. The van der Waals surface area contributed by atoms with Crippen LogP contribution in [0.3, 0.4) is 0 Å². The molecule has 1 aliphatic rings. The lowest BCUT2D eigenvalue weighted by Gasteiger charge is -2.25. The van der Waals surface area contributed by atoms with Gasteiger partial charge in [0.2, 0.25) is 15.9 Å². The molecule has 2 rings (SSSR count). The summed E-state index contributed by atoms with van der Waals surface area (Å²) in [5.74, 6) is 0.346. The van der Waals surface area contributed by atoms with Gasteiger partial charge in [0.1, 0.15) is 0 Å². The number of amides is 1. The van der Waals surface area contributed by atoms with Gasteiger partial charge >= 0.3 is 0 Å². The van der Waals surface area contributed by atoms with Crippen molar-refractivity contribution < 1.29 is 13.2 Å². The zero-order chi connectivity index (χ0) is 16.2. The van der Waals surface area contributed by atoms with E-state index in [1.807, 2.05) is 13.8 Å². The number of nitrogens with one attached hydrogen (secondary N) is 3. The standard InChI is InChI=1S/C15H23N3O3S.ClH/c1-11(2)7-18-22(20,21)14-5-3-12(4-6-14)8-17-15(19)13-9-16-10-13;/h3-6,11,13,16,18H,7-10H2,1-2H3,(H,17,19);1H. The van der Waals surface area contributed by atoms with E-state index in [4.69, 9.17) is 0 Å². The summed E-state index contributed by atoms with van der Waals surface area (Å²) in [4.78, 5) is 12.0. The monoisotopic (exact) mass is 361 g/mol. The first-order valence-electron chi connectivity index (χ1n) is 7.45. The van der Waals surface area contributed by atoms with Crippen LogP contribution in [0.5, 0.6) is 0 Å². The average Bonchev–Trinajstić information content (AvgIpc) is 2.42. The van der Waals surface area contributed by atoms with Crippen LogP contribution in [-0.4, -0.2) is 34.0 Å². The highest BCUT2D eigenvalue weighted by atomic mass is 35.5. The summed E-state index contributed by atoms with van der Waals surface area (Å²) in [7, 11) is -3.46. The number of carbonyl (C=O) groups excluding carboxylic acids is 1. The molecule has 0 saturated carbocycles. The number of rotatable bonds is 7. The summed E-state index contributed by atoms with van der Waals surface area (Å²) in [6.45, 7) is 6.18. The molecule has 0 bridgehead atoms. The van der Waals surface area contributed by atoms with Crippen molar-refractivity contribution in [3.05, 3.63) is 29.8 Å². The molecule has 130 valence electrons. The Balaban J connectivity index is 0.00000264. The van der Waals surface area contributed by atoms with Gasteiger partial charge in [-0.05, 0) is 23.6 Å². The van der Waals surface area contributed by atoms with Gasteiger partial charge in [-0.15, -0.1) is 12.4 Å². The third-order valence-corrected chi connectivity index (χ3v) is 4.97. The number of hydrogen-bond donors (Lipinski definition) is 3. The van der Waals surface area contributed by atoms with E-state index < -0.39 is 10.0 Å². The normalized spacial score (nSPS) is 14.9. The maximum atomic E-state index is 12.1. The Morgan fingerprint density at radius 1 is 1.26 bits per heavy atom. The highest BCUT2D eigenvalue weighted by Gasteiger charge is 2.24. The molecule has 1 aromatic carbocycles. The maximum Gasteiger partial charge on any atom is 0.240 e. The second-order valence-corrected chi connectivity index (χ2v) is 7.73. The molecule has 0 aliphatic carbocycles. The first kappa shape index (κ1) is 19.9. The minimum Gasteiger partial charge on any atom is -0.352 e. The van der Waals surface area contributed by atoms with Crippen molar-refractivity contribution in [1.29, 1.82) is 0 Å². The molecule has 1 aromatic rings. The number of hydrogen-bond acceptors (Lipinski definition) is 4. The van der Waals surface area contributed by atoms with E-state index in [-0.39, 0.29) is 35.0 Å². The van der Waals surface area contributed by atoms with Crippen LogP contribution in [0.25, 0.3) is 0 Å². The van der Waals surface area contributed by atoms with Crippen molar-refractivity contribution in [3.8, 4) is 0 Å². The third-order valence-electron chi connectivity index (χ3n) is 3.53. The Labute approximate surface area is 143 Å². The summed E-state index contributed by atoms with van der Waals surface area (Å²) in [5, 5.41) is 5.90. The van der Waals surface area contributed by atoms with Gasteiger partial charge in [-0.2, -0.15) is 0 Å². The van der Waals surface area contributed by atoms with Crippen LogP contribution < -0.4 is 15.4 Å². The van der Waals surface area contributed by atoms with Gasteiger partial charge in [0.25, 0.3) is 0 Å². The molecule has 0 radical (unpaired) electrons. The number of sulfonamides is 1. The van der Waals surface area contributed by atoms with Crippen LogP contribution in [-0.2, 0) is 21.4 Å². The van der Waals surface area contributed by atoms with Gasteiger partial charge in [0, 0.05) is 26.2 Å². The third kappa shape index (κ3) is 5.76. The molecule has 1 fully saturated rings. The Morgan fingerprint density at radius 3 is 2.35 bits per heavy atom. The Hall–Kier alpha value is -1.15. The Morgan fingerprint density at radius 2 is 1.87 bits per heavy atom. The van der Waals surface area contributed by atoms with Gasteiger partial charge < -0.3 is 10.6 Å². The van der Waals surface area contributed by atoms with E-state index in [1.165, 1.54) is 0 Å². The summed E-state index contributed by atoms with van der Waals surface area (Å²) in [6.07, 6.45) is 0. The SMILES string of the molecule is CC(C)CNS(=O)(=O)c1ccc(CNC(=O)C2CNC2)cc1.Cl. The molecule has 1 aliphatic heterocycles. The van der Waals surface area contributed by atoms with Gasteiger partial charge in [0.15, 0.2) is 0 Å². The van der Waals surface area contributed by atoms with Gasteiger partial charge in [0.05, 0.1) is 10.8 Å². The van der Waals surface area contributed by atoms with E-state index in [1.54, 1.807) is 24.3 Å². The van der Waals surface area contributed by atoms with Crippen LogP contribution in [0.2, 0.25) is 0 Å². The van der Waals surface area contributed by atoms with Crippen LogP contribution in [0.15, 0.2) is 29.2 Å². The maximum absolute atomic E-state index is 12.1. The lowest BCUT2D eigenvalue weighted by Crippen LogP contribution is -2.50. The lowest BCUT2D eigenvalue weighted by atomic mass is 10.0. The van der Waals surface area contributed by atoms with Crippen molar-refractivity contribution in [3.63, 3.8) is 0 Å². The molecule has 23 heavy (non-hydrogen) atoms. The average molecular weight is 362 g/mol. The van der Waals surface area contributed by atoms with Crippen LogP contribution in [0, 0.1) is 11.8 Å². The molecule has 0 atom stereocenters. The molecular weight excluding hydrogens is 338 g/mol. The largest absolute Gasteiger partial charge is 0.352 e. The number of carbonyl (C=O) groups is 1. The van der Waals surface area contributed by atoms with E-state index >= 15 is 0 Å². The highest BCUT2D eigenvalue weighted by molar-refractivity contribution is 7.89. The van der Waals surface area contributed by atoms with Gasteiger partial charge in [-0.25, -0.2) is 13.1 Å². The van der Waals surface area contributed by atoms with Crippen LogP contribution in [0.4, 0.5) is 0 Å². The van der Waals surface area contributed by atoms with E-state index in [9.17, 15) is 13.2 Å². The van der Waals surface area contributed by atoms with Crippen molar-refractivity contribution in [2.24, 2.45) is 11.8 Å². The van der Waals surface area contributed by atoms with Crippen molar-refractivity contribution in [2.75, 3.05) is 19.6 Å². The van der Waals surface area contributed by atoms with Crippen molar-refractivity contribution in [1.82, 2.24) is 15.4 Å². The fourth-order valence-electron chi connectivity index (χ4n) is 1.95. The Bertz CT molecular complexity index is 613. The molecule has 1 saturated heterocycles. The fourth-order valence-corrected chi connectivity index (χ4v) is 3.17. The molecule has 1 heterocycles. The summed E-state index contributed by atoms with van der Waals surface area (Å²) in [6, 6.07) is 6.58. The van der Waals surface area contributed by atoms with Gasteiger partial charge in [-0.3, -0.25) is 4.79 Å². The highest BCUT2D eigenvalue weighted by Crippen LogP contribution is 2.11. The van der Waals surface area contributed by atoms with E-state index in [2.05, 4.69) is 15.4 Å². The zero-order valence-corrected chi connectivity index (χ0v) is 15.0. The number of halogens is 1.